The highest BCUT2D eigenvalue weighted by Gasteiger charge is 2.15. The summed E-state index contributed by atoms with van der Waals surface area (Å²) in [4.78, 5) is 21.1. The van der Waals surface area contributed by atoms with Crippen LogP contribution in [0, 0.1) is 0 Å². The zero-order valence-corrected chi connectivity index (χ0v) is 17.9. The molecule has 8 nitrogen and oxygen atoms in total. The van der Waals surface area contributed by atoms with Crippen LogP contribution in [-0.4, -0.2) is 93.4 Å². The van der Waals surface area contributed by atoms with Crippen LogP contribution < -0.4 is 16.0 Å². The smallest absolute Gasteiger partial charge is 0.407 e. The first kappa shape index (κ1) is 23.5. The van der Waals surface area contributed by atoms with Crippen molar-refractivity contribution >= 4 is 12.1 Å². The van der Waals surface area contributed by atoms with Gasteiger partial charge in [0.1, 0.15) is 5.60 Å². The number of nitrogens with one attached hydrogen (secondary N) is 3. The van der Waals surface area contributed by atoms with Crippen LogP contribution in [0.3, 0.4) is 0 Å². The van der Waals surface area contributed by atoms with Crippen molar-refractivity contribution in [3.05, 3.63) is 0 Å². The van der Waals surface area contributed by atoms with Gasteiger partial charge in [-0.3, -0.25) is 4.99 Å². The topological polar surface area (TPSA) is 81.2 Å². The zero-order valence-electron chi connectivity index (χ0n) is 17.9. The molecule has 1 fully saturated rings. The number of ether oxygens (including phenoxy) is 1. The normalized spacial score (nSPS) is 17.3. The van der Waals surface area contributed by atoms with Crippen molar-refractivity contribution in [3.8, 4) is 0 Å². The molecule has 8 heteroatoms. The Hall–Kier alpha value is -1.54. The Balaban J connectivity index is 2.22. The molecule has 1 saturated heterocycles. The van der Waals surface area contributed by atoms with Crippen LogP contribution in [-0.2, 0) is 4.74 Å². The Kier molecular flexibility index (Phi) is 11.1. The summed E-state index contributed by atoms with van der Waals surface area (Å²) in [6, 6.07) is 0. The van der Waals surface area contributed by atoms with Crippen molar-refractivity contribution in [1.82, 2.24) is 25.8 Å². The Bertz CT molecular complexity index is 450. The second kappa shape index (κ2) is 12.8. The van der Waals surface area contributed by atoms with Gasteiger partial charge in [0.25, 0.3) is 0 Å². The van der Waals surface area contributed by atoms with Crippen LogP contribution in [0.5, 0.6) is 0 Å². The molecule has 0 saturated carbocycles. The highest BCUT2D eigenvalue weighted by atomic mass is 16.6. The lowest BCUT2D eigenvalue weighted by Crippen LogP contribution is -2.42. The van der Waals surface area contributed by atoms with Crippen LogP contribution in [0.4, 0.5) is 4.79 Å². The molecule has 1 aliphatic rings. The van der Waals surface area contributed by atoms with Crippen molar-refractivity contribution in [1.29, 1.82) is 0 Å². The molecule has 0 aromatic carbocycles. The van der Waals surface area contributed by atoms with Gasteiger partial charge in [0.2, 0.25) is 0 Å². The van der Waals surface area contributed by atoms with Crippen LogP contribution in [0.2, 0.25) is 0 Å². The summed E-state index contributed by atoms with van der Waals surface area (Å²) >= 11 is 0. The van der Waals surface area contributed by atoms with E-state index in [1.165, 1.54) is 13.0 Å². The number of nitrogens with zero attached hydrogens (tertiary/aromatic N) is 3. The van der Waals surface area contributed by atoms with Gasteiger partial charge in [-0.15, -0.1) is 0 Å². The second-order valence-electron chi connectivity index (χ2n) is 7.97. The van der Waals surface area contributed by atoms with Gasteiger partial charge in [-0.1, -0.05) is 0 Å². The van der Waals surface area contributed by atoms with Gasteiger partial charge in [0.05, 0.1) is 0 Å². The highest BCUT2D eigenvalue weighted by molar-refractivity contribution is 5.79. The summed E-state index contributed by atoms with van der Waals surface area (Å²) in [5, 5.41) is 9.43. The molecule has 3 N–H and O–H groups in total. The molecule has 1 aliphatic heterocycles. The number of likely N-dealkylation sites (N-methyl/N-ethyl adjacent to an activating group) is 1. The summed E-state index contributed by atoms with van der Waals surface area (Å²) in [7, 11) is 2.19. The molecule has 0 atom stereocenters. The summed E-state index contributed by atoms with van der Waals surface area (Å²) < 4.78 is 5.21. The van der Waals surface area contributed by atoms with Crippen molar-refractivity contribution in [2.24, 2.45) is 4.99 Å². The van der Waals surface area contributed by atoms with Gasteiger partial charge >= 0.3 is 6.09 Å². The molecule has 0 spiro atoms. The molecule has 0 aliphatic carbocycles. The number of aliphatic imine (C=N–C) groups is 1. The quantitative estimate of drug-likeness (QED) is 0.330. The van der Waals surface area contributed by atoms with E-state index in [1.807, 2.05) is 20.8 Å². The van der Waals surface area contributed by atoms with E-state index in [0.29, 0.717) is 13.1 Å². The fraction of sp³-hybridized carbons (Fsp3) is 0.895. The molecule has 1 rings (SSSR count). The summed E-state index contributed by atoms with van der Waals surface area (Å²) in [5.41, 5.74) is -0.465. The first-order chi connectivity index (χ1) is 12.8. The molecule has 0 aromatic heterocycles. The van der Waals surface area contributed by atoms with Crippen LogP contribution in [0.25, 0.3) is 0 Å². The number of guanidine groups is 1. The van der Waals surface area contributed by atoms with E-state index in [2.05, 4.69) is 44.7 Å². The van der Waals surface area contributed by atoms with Crippen LogP contribution in [0.1, 0.15) is 40.5 Å². The lowest BCUT2D eigenvalue weighted by Gasteiger charge is -2.21. The summed E-state index contributed by atoms with van der Waals surface area (Å²) in [6.07, 6.45) is 1.63. The van der Waals surface area contributed by atoms with E-state index in [-0.39, 0.29) is 6.09 Å². The minimum absolute atomic E-state index is 0.375. The monoisotopic (exact) mass is 384 g/mol. The zero-order chi connectivity index (χ0) is 20.1. The number of amides is 1. The van der Waals surface area contributed by atoms with Gasteiger partial charge in [-0.05, 0) is 60.7 Å². The van der Waals surface area contributed by atoms with Gasteiger partial charge in [0, 0.05) is 45.8 Å². The number of alkyl carbamates (subject to hydrolysis) is 1. The predicted octanol–water partition coefficient (Wildman–Crippen LogP) is 1.09. The van der Waals surface area contributed by atoms with E-state index in [4.69, 9.17) is 4.74 Å². The lowest BCUT2D eigenvalue weighted by molar-refractivity contribution is 0.0527. The Morgan fingerprint density at radius 3 is 2.56 bits per heavy atom. The molecular formula is C19H40N6O2. The van der Waals surface area contributed by atoms with Crippen molar-refractivity contribution in [2.45, 2.75) is 46.1 Å². The van der Waals surface area contributed by atoms with Crippen LogP contribution >= 0.6 is 0 Å². The fourth-order valence-corrected chi connectivity index (χ4v) is 2.77. The Morgan fingerprint density at radius 1 is 1.07 bits per heavy atom. The highest BCUT2D eigenvalue weighted by Crippen LogP contribution is 2.06. The molecule has 27 heavy (non-hydrogen) atoms. The maximum Gasteiger partial charge on any atom is 0.407 e. The average Bonchev–Trinajstić information content (AvgIpc) is 2.77. The Labute approximate surface area is 165 Å². The van der Waals surface area contributed by atoms with Crippen molar-refractivity contribution < 1.29 is 9.53 Å². The van der Waals surface area contributed by atoms with E-state index >= 15 is 0 Å². The fourth-order valence-electron chi connectivity index (χ4n) is 2.77. The van der Waals surface area contributed by atoms with Crippen molar-refractivity contribution in [2.75, 3.05) is 66.0 Å². The molecule has 0 unspecified atom stereocenters. The van der Waals surface area contributed by atoms with Crippen LogP contribution in [0.15, 0.2) is 4.99 Å². The summed E-state index contributed by atoms with van der Waals surface area (Å²) in [5.74, 6) is 0.835. The molecule has 1 heterocycles. The second-order valence-corrected chi connectivity index (χ2v) is 7.97. The largest absolute Gasteiger partial charge is 0.444 e. The molecule has 0 radical (unpaired) electrons. The van der Waals surface area contributed by atoms with Crippen molar-refractivity contribution in [3.63, 3.8) is 0 Å². The van der Waals surface area contributed by atoms with Gasteiger partial charge in [-0.25, -0.2) is 4.79 Å². The number of hydrogen-bond donors (Lipinski definition) is 3. The Morgan fingerprint density at radius 2 is 1.85 bits per heavy atom. The first-order valence-electron chi connectivity index (χ1n) is 10.2. The SMILES string of the molecule is CCNC(=NCCCNC(=O)OC(C)(C)C)NCCN1CCCN(C)CC1. The minimum atomic E-state index is -0.465. The maximum absolute atomic E-state index is 11.6. The predicted molar refractivity (Wildman–Crippen MR) is 111 cm³/mol. The first-order valence-corrected chi connectivity index (χ1v) is 10.2. The third kappa shape index (κ3) is 12.5. The number of carbonyl (C=O) groups excluding carboxylic acids is 1. The molecular weight excluding hydrogens is 344 g/mol. The molecule has 0 bridgehead atoms. The van der Waals surface area contributed by atoms with E-state index in [9.17, 15) is 4.79 Å². The average molecular weight is 385 g/mol. The number of rotatable bonds is 8. The van der Waals surface area contributed by atoms with Gasteiger partial charge in [-0.2, -0.15) is 0 Å². The van der Waals surface area contributed by atoms with E-state index in [1.54, 1.807) is 0 Å². The molecule has 158 valence electrons. The van der Waals surface area contributed by atoms with E-state index < -0.39 is 5.60 Å². The molecule has 0 aromatic rings. The summed E-state index contributed by atoms with van der Waals surface area (Å²) in [6.45, 7) is 16.2. The number of carbonyl (C=O) groups is 1. The third-order valence-electron chi connectivity index (χ3n) is 4.15. The molecule has 1 amide bonds. The van der Waals surface area contributed by atoms with E-state index in [0.717, 1.165) is 51.6 Å². The lowest BCUT2D eigenvalue weighted by atomic mass is 10.2. The maximum atomic E-state index is 11.6. The number of hydrogen-bond acceptors (Lipinski definition) is 5. The minimum Gasteiger partial charge on any atom is -0.444 e. The third-order valence-corrected chi connectivity index (χ3v) is 4.15. The van der Waals surface area contributed by atoms with Gasteiger partial charge in [0.15, 0.2) is 5.96 Å². The van der Waals surface area contributed by atoms with Gasteiger partial charge < -0.3 is 30.5 Å². The standard InChI is InChI=1S/C19H40N6O2/c1-6-20-17(21-9-7-10-23-18(26)27-19(2,3)4)22-11-14-25-13-8-12-24(5)15-16-25/h6-16H2,1-5H3,(H,23,26)(H2,20,21,22).